The number of carbonyl (C=O) groups excluding carboxylic acids is 2. The third kappa shape index (κ3) is 4.95. The van der Waals surface area contributed by atoms with Crippen molar-refractivity contribution in [3.05, 3.63) is 5.01 Å². The molecule has 2 amide bonds. The fourth-order valence-electron chi connectivity index (χ4n) is 2.80. The third-order valence-corrected chi connectivity index (χ3v) is 4.59. The van der Waals surface area contributed by atoms with E-state index in [0.29, 0.717) is 24.8 Å². The second-order valence-electron chi connectivity index (χ2n) is 5.46. The number of carbonyl (C=O) groups is 2. The number of methoxy groups -OCH3 is 1. The molecule has 0 radical (unpaired) electrons. The molecule has 2 rings (SSSR count). The minimum atomic E-state index is -0.114. The van der Waals surface area contributed by atoms with E-state index >= 15 is 0 Å². The van der Waals surface area contributed by atoms with Gasteiger partial charge in [0.25, 0.3) is 0 Å². The van der Waals surface area contributed by atoms with E-state index in [2.05, 4.69) is 20.4 Å². The quantitative estimate of drug-likeness (QED) is 0.780. The molecule has 1 fully saturated rings. The first-order valence-corrected chi connectivity index (χ1v) is 8.45. The largest absolute Gasteiger partial charge is 0.377 e. The van der Waals surface area contributed by atoms with Crippen LogP contribution < -0.4 is 5.32 Å². The zero-order valence-electron chi connectivity index (χ0n) is 13.7. The van der Waals surface area contributed by atoms with Crippen LogP contribution in [0.25, 0.3) is 0 Å². The summed E-state index contributed by atoms with van der Waals surface area (Å²) in [6.45, 7) is 6.49. The predicted octanol–water partition coefficient (Wildman–Crippen LogP) is 0.566. The van der Waals surface area contributed by atoms with Gasteiger partial charge in [0, 0.05) is 39.7 Å². The number of rotatable bonds is 7. The van der Waals surface area contributed by atoms with Gasteiger partial charge in [-0.05, 0) is 13.3 Å². The predicted molar refractivity (Wildman–Crippen MR) is 87.2 cm³/mol. The van der Waals surface area contributed by atoms with Crippen LogP contribution in [0.2, 0.25) is 0 Å². The molecule has 2 heterocycles. The molecule has 0 bridgehead atoms. The fraction of sp³-hybridized carbons (Fsp3) is 0.714. The highest BCUT2D eigenvalue weighted by atomic mass is 32.1. The van der Waals surface area contributed by atoms with Crippen molar-refractivity contribution in [2.45, 2.75) is 32.9 Å². The van der Waals surface area contributed by atoms with Crippen LogP contribution in [0.1, 0.15) is 25.3 Å². The minimum absolute atomic E-state index is 0.0864. The van der Waals surface area contributed by atoms with Gasteiger partial charge in [0.05, 0.1) is 6.54 Å². The smallest absolute Gasteiger partial charge is 0.240 e. The lowest BCUT2D eigenvalue weighted by atomic mass is 10.2. The molecule has 1 aromatic rings. The molecule has 0 saturated carbocycles. The van der Waals surface area contributed by atoms with Gasteiger partial charge in [-0.2, -0.15) is 0 Å². The molecule has 23 heavy (non-hydrogen) atoms. The molecule has 0 aromatic carbocycles. The van der Waals surface area contributed by atoms with Crippen LogP contribution in [0.15, 0.2) is 0 Å². The molecule has 1 aliphatic heterocycles. The van der Waals surface area contributed by atoms with Crippen molar-refractivity contribution in [1.82, 2.24) is 20.0 Å². The fourth-order valence-corrected chi connectivity index (χ4v) is 3.52. The molecule has 9 heteroatoms. The Balaban J connectivity index is 1.80. The van der Waals surface area contributed by atoms with Crippen molar-refractivity contribution in [1.29, 1.82) is 0 Å². The maximum atomic E-state index is 12.1. The van der Waals surface area contributed by atoms with Gasteiger partial charge < -0.3 is 9.64 Å². The first kappa shape index (κ1) is 17.8. The molecule has 1 unspecified atom stereocenters. The number of hydrogen-bond donors (Lipinski definition) is 1. The summed E-state index contributed by atoms with van der Waals surface area (Å²) < 4.78 is 4.97. The molecule has 8 nitrogen and oxygen atoms in total. The van der Waals surface area contributed by atoms with Gasteiger partial charge in [0.15, 0.2) is 0 Å². The van der Waals surface area contributed by atoms with Crippen LogP contribution in [0, 0.1) is 0 Å². The Morgan fingerprint density at radius 1 is 1.48 bits per heavy atom. The highest BCUT2D eigenvalue weighted by Crippen LogP contribution is 2.17. The number of anilines is 1. The first-order chi connectivity index (χ1) is 11.0. The molecule has 0 spiro atoms. The molecular formula is C14H23N5O3S. The number of amides is 2. The lowest BCUT2D eigenvalue weighted by molar-refractivity contribution is -0.130. The van der Waals surface area contributed by atoms with Crippen LogP contribution in [0.4, 0.5) is 5.13 Å². The molecule has 1 atom stereocenters. The number of ether oxygens (including phenoxy) is 1. The van der Waals surface area contributed by atoms with E-state index in [9.17, 15) is 9.59 Å². The summed E-state index contributed by atoms with van der Waals surface area (Å²) >= 11 is 1.31. The molecular weight excluding hydrogens is 318 g/mol. The van der Waals surface area contributed by atoms with Gasteiger partial charge in [-0.15, -0.1) is 10.2 Å². The highest BCUT2D eigenvalue weighted by molar-refractivity contribution is 7.15. The van der Waals surface area contributed by atoms with Crippen molar-refractivity contribution < 1.29 is 14.3 Å². The van der Waals surface area contributed by atoms with Gasteiger partial charge in [-0.1, -0.05) is 11.3 Å². The highest BCUT2D eigenvalue weighted by Gasteiger charge is 2.29. The number of likely N-dealkylation sites (N-methyl/N-ethyl adjacent to an activating group) is 1. The SMILES string of the molecule is CCN(C(C)=O)C1CCN(CC(=O)Nc2nnc(COC)s2)C1. The van der Waals surface area contributed by atoms with E-state index in [-0.39, 0.29) is 17.9 Å². The van der Waals surface area contributed by atoms with Crippen molar-refractivity contribution in [2.24, 2.45) is 0 Å². The van der Waals surface area contributed by atoms with Crippen LogP contribution in [0.3, 0.4) is 0 Å². The van der Waals surface area contributed by atoms with E-state index in [0.717, 1.165) is 24.5 Å². The van der Waals surface area contributed by atoms with Crippen LogP contribution in [-0.4, -0.2) is 71.1 Å². The van der Waals surface area contributed by atoms with Gasteiger partial charge in [0.1, 0.15) is 11.6 Å². The minimum Gasteiger partial charge on any atom is -0.377 e. The molecule has 1 saturated heterocycles. The molecule has 1 aliphatic rings. The zero-order chi connectivity index (χ0) is 16.8. The standard InChI is InChI=1S/C14H23N5O3S/c1-4-19(10(2)20)11-5-6-18(7-11)8-12(21)15-14-17-16-13(23-14)9-22-3/h11H,4-9H2,1-3H3,(H,15,17,21). The zero-order valence-corrected chi connectivity index (χ0v) is 14.6. The number of aromatic nitrogens is 2. The second-order valence-corrected chi connectivity index (χ2v) is 6.53. The van der Waals surface area contributed by atoms with E-state index in [1.807, 2.05) is 11.8 Å². The molecule has 1 aromatic heterocycles. The van der Waals surface area contributed by atoms with Crippen LogP contribution in [0.5, 0.6) is 0 Å². The summed E-state index contributed by atoms with van der Waals surface area (Å²) in [6.07, 6.45) is 0.900. The average Bonchev–Trinajstić information content (AvgIpc) is 3.10. The molecule has 1 N–H and O–H groups in total. The lowest BCUT2D eigenvalue weighted by Gasteiger charge is -2.26. The second kappa shape index (κ2) is 8.32. The Bertz CT molecular complexity index is 550. The normalized spacial score (nSPS) is 18.1. The Labute approximate surface area is 139 Å². The lowest BCUT2D eigenvalue weighted by Crippen LogP contribution is -2.41. The van der Waals surface area contributed by atoms with Crippen molar-refractivity contribution >= 4 is 28.3 Å². The van der Waals surface area contributed by atoms with Gasteiger partial charge in [-0.3, -0.25) is 19.8 Å². The number of hydrogen-bond acceptors (Lipinski definition) is 7. The average molecular weight is 341 g/mol. The first-order valence-electron chi connectivity index (χ1n) is 7.64. The van der Waals surface area contributed by atoms with E-state index in [1.54, 1.807) is 14.0 Å². The maximum Gasteiger partial charge on any atom is 0.240 e. The summed E-state index contributed by atoms with van der Waals surface area (Å²) in [5, 5.41) is 11.8. The Hall–Kier alpha value is -1.58. The summed E-state index contributed by atoms with van der Waals surface area (Å²) in [6, 6.07) is 0.195. The van der Waals surface area contributed by atoms with E-state index in [1.165, 1.54) is 11.3 Å². The van der Waals surface area contributed by atoms with Gasteiger partial charge in [-0.25, -0.2) is 0 Å². The Morgan fingerprint density at radius 3 is 2.91 bits per heavy atom. The number of nitrogens with zero attached hydrogens (tertiary/aromatic N) is 4. The molecule has 128 valence electrons. The van der Waals surface area contributed by atoms with E-state index in [4.69, 9.17) is 4.74 Å². The van der Waals surface area contributed by atoms with E-state index < -0.39 is 0 Å². The van der Waals surface area contributed by atoms with Crippen LogP contribution >= 0.6 is 11.3 Å². The Morgan fingerprint density at radius 2 is 2.26 bits per heavy atom. The Kier molecular flexibility index (Phi) is 6.43. The van der Waals surface area contributed by atoms with Crippen molar-refractivity contribution in [2.75, 3.05) is 38.6 Å². The summed E-state index contributed by atoms with van der Waals surface area (Å²) in [5.41, 5.74) is 0. The third-order valence-electron chi connectivity index (χ3n) is 3.78. The topological polar surface area (TPSA) is 87.7 Å². The monoisotopic (exact) mass is 341 g/mol. The van der Waals surface area contributed by atoms with Crippen molar-refractivity contribution in [3.63, 3.8) is 0 Å². The number of nitrogens with one attached hydrogen (secondary N) is 1. The van der Waals surface area contributed by atoms with Crippen molar-refractivity contribution in [3.8, 4) is 0 Å². The van der Waals surface area contributed by atoms with Crippen LogP contribution in [-0.2, 0) is 20.9 Å². The molecule has 0 aliphatic carbocycles. The van der Waals surface area contributed by atoms with Gasteiger partial charge in [0.2, 0.25) is 16.9 Å². The number of likely N-dealkylation sites (tertiary alicyclic amines) is 1. The van der Waals surface area contributed by atoms with Gasteiger partial charge >= 0.3 is 0 Å². The summed E-state index contributed by atoms with van der Waals surface area (Å²) in [5.74, 6) is -0.0278. The summed E-state index contributed by atoms with van der Waals surface area (Å²) in [7, 11) is 1.59. The summed E-state index contributed by atoms with van der Waals surface area (Å²) in [4.78, 5) is 27.6. The maximum absolute atomic E-state index is 12.1.